The van der Waals surface area contributed by atoms with Gasteiger partial charge >= 0.3 is 0 Å². The van der Waals surface area contributed by atoms with Crippen LogP contribution < -0.4 is 10.2 Å². The van der Waals surface area contributed by atoms with Gasteiger partial charge in [0.15, 0.2) is 0 Å². The molecule has 1 aromatic carbocycles. The first kappa shape index (κ1) is 15.0. The maximum absolute atomic E-state index is 12.7. The van der Waals surface area contributed by atoms with Gasteiger partial charge in [-0.05, 0) is 49.9 Å². The van der Waals surface area contributed by atoms with Crippen LogP contribution in [0.2, 0.25) is 0 Å². The Labute approximate surface area is 130 Å². The second kappa shape index (κ2) is 6.48. The van der Waals surface area contributed by atoms with Crippen molar-refractivity contribution in [2.24, 2.45) is 5.92 Å². The van der Waals surface area contributed by atoms with Crippen molar-refractivity contribution in [1.29, 1.82) is 0 Å². The lowest BCUT2D eigenvalue weighted by molar-refractivity contribution is -0.120. The lowest BCUT2D eigenvalue weighted by atomic mass is 10.0. The number of amides is 2. The van der Waals surface area contributed by atoms with Crippen molar-refractivity contribution in [3.05, 3.63) is 24.3 Å². The average molecular weight is 302 g/mol. The average Bonchev–Trinajstić information content (AvgIpc) is 3.34. The van der Waals surface area contributed by atoms with Crippen molar-refractivity contribution in [3.63, 3.8) is 0 Å². The molecular formula is C17H22N2O3. The molecule has 5 nitrogen and oxygen atoms in total. The van der Waals surface area contributed by atoms with Crippen LogP contribution in [0.3, 0.4) is 0 Å². The summed E-state index contributed by atoms with van der Waals surface area (Å²) < 4.78 is 5.42. The number of benzene rings is 1. The Morgan fingerprint density at radius 3 is 2.27 bits per heavy atom. The fourth-order valence-corrected chi connectivity index (χ4v) is 2.90. The molecule has 1 aliphatic heterocycles. The molecule has 118 valence electrons. The molecule has 0 aromatic heterocycles. The molecule has 0 atom stereocenters. The lowest BCUT2D eigenvalue weighted by Crippen LogP contribution is -2.44. The van der Waals surface area contributed by atoms with Crippen molar-refractivity contribution >= 4 is 23.2 Å². The van der Waals surface area contributed by atoms with Gasteiger partial charge in [0.2, 0.25) is 11.8 Å². The zero-order valence-electron chi connectivity index (χ0n) is 12.9. The van der Waals surface area contributed by atoms with E-state index in [0.29, 0.717) is 13.2 Å². The summed E-state index contributed by atoms with van der Waals surface area (Å²) in [4.78, 5) is 25.7. The van der Waals surface area contributed by atoms with Gasteiger partial charge in [0.25, 0.3) is 0 Å². The lowest BCUT2D eigenvalue weighted by Gasteiger charge is -2.34. The summed E-state index contributed by atoms with van der Waals surface area (Å²) in [6, 6.07) is 7.75. The molecule has 1 saturated carbocycles. The smallest absolute Gasteiger partial charge is 0.230 e. The normalized spacial score (nSPS) is 18.8. The third-order valence-electron chi connectivity index (χ3n) is 4.19. The molecule has 0 bridgehead atoms. The molecule has 0 spiro atoms. The van der Waals surface area contributed by atoms with Gasteiger partial charge in [0, 0.05) is 43.5 Å². The van der Waals surface area contributed by atoms with Crippen molar-refractivity contribution in [2.45, 2.75) is 38.6 Å². The van der Waals surface area contributed by atoms with Gasteiger partial charge in [0.1, 0.15) is 0 Å². The number of hydrogen-bond acceptors (Lipinski definition) is 3. The molecule has 1 aliphatic carbocycles. The topological polar surface area (TPSA) is 58.6 Å². The molecule has 22 heavy (non-hydrogen) atoms. The van der Waals surface area contributed by atoms with Crippen LogP contribution in [0, 0.1) is 5.92 Å². The molecule has 1 aromatic rings. The number of nitrogens with one attached hydrogen (secondary N) is 1. The van der Waals surface area contributed by atoms with Gasteiger partial charge < -0.3 is 15.0 Å². The quantitative estimate of drug-likeness (QED) is 0.930. The number of rotatable bonds is 4. The van der Waals surface area contributed by atoms with E-state index in [0.717, 1.165) is 37.1 Å². The summed E-state index contributed by atoms with van der Waals surface area (Å²) in [7, 11) is 0. The van der Waals surface area contributed by atoms with E-state index in [2.05, 4.69) is 5.32 Å². The van der Waals surface area contributed by atoms with Crippen molar-refractivity contribution in [1.82, 2.24) is 0 Å². The van der Waals surface area contributed by atoms with Crippen LogP contribution in [0.25, 0.3) is 0 Å². The van der Waals surface area contributed by atoms with Gasteiger partial charge in [-0.2, -0.15) is 0 Å². The van der Waals surface area contributed by atoms with Gasteiger partial charge in [-0.3, -0.25) is 9.59 Å². The number of hydrogen-bond donors (Lipinski definition) is 1. The first-order valence-corrected chi connectivity index (χ1v) is 7.93. The van der Waals surface area contributed by atoms with Crippen LogP contribution in [-0.4, -0.2) is 31.1 Å². The molecule has 1 saturated heterocycles. The summed E-state index contributed by atoms with van der Waals surface area (Å²) >= 11 is 0. The zero-order valence-corrected chi connectivity index (χ0v) is 12.9. The highest BCUT2D eigenvalue weighted by Crippen LogP contribution is 2.35. The Balaban J connectivity index is 1.81. The van der Waals surface area contributed by atoms with Crippen molar-refractivity contribution < 1.29 is 14.3 Å². The molecule has 0 unspecified atom stereocenters. The van der Waals surface area contributed by atoms with E-state index < -0.39 is 0 Å². The highest BCUT2D eigenvalue weighted by Gasteiger charge is 2.37. The van der Waals surface area contributed by atoms with Crippen molar-refractivity contribution in [2.75, 3.05) is 23.4 Å². The summed E-state index contributed by atoms with van der Waals surface area (Å²) in [5.41, 5.74) is 1.67. The largest absolute Gasteiger partial charge is 0.381 e. The third-order valence-corrected chi connectivity index (χ3v) is 4.19. The van der Waals surface area contributed by atoms with Gasteiger partial charge in [-0.25, -0.2) is 0 Å². The van der Waals surface area contributed by atoms with E-state index in [9.17, 15) is 9.59 Å². The zero-order chi connectivity index (χ0) is 15.5. The van der Waals surface area contributed by atoms with Crippen LogP contribution in [0.5, 0.6) is 0 Å². The second-order valence-electron chi connectivity index (χ2n) is 6.05. The summed E-state index contributed by atoms with van der Waals surface area (Å²) in [6.45, 7) is 2.91. The van der Waals surface area contributed by atoms with E-state index in [4.69, 9.17) is 4.74 Å². The Morgan fingerprint density at radius 2 is 1.73 bits per heavy atom. The predicted octanol–water partition coefficient (Wildman–Crippen LogP) is 2.57. The number of carbonyl (C=O) groups excluding carboxylic acids is 2. The molecular weight excluding hydrogens is 280 g/mol. The van der Waals surface area contributed by atoms with E-state index in [1.165, 1.54) is 6.92 Å². The monoisotopic (exact) mass is 302 g/mol. The van der Waals surface area contributed by atoms with E-state index in [-0.39, 0.29) is 23.8 Å². The first-order valence-electron chi connectivity index (χ1n) is 7.93. The Kier molecular flexibility index (Phi) is 4.43. The first-order chi connectivity index (χ1) is 10.6. The van der Waals surface area contributed by atoms with Crippen molar-refractivity contribution in [3.8, 4) is 0 Å². The Hall–Kier alpha value is -1.88. The number of nitrogens with zero attached hydrogens (tertiary/aromatic N) is 1. The third kappa shape index (κ3) is 3.47. The Bertz CT molecular complexity index is 546. The van der Waals surface area contributed by atoms with Gasteiger partial charge in [0.05, 0.1) is 0 Å². The van der Waals surface area contributed by atoms with Crippen LogP contribution in [0.1, 0.15) is 32.6 Å². The second-order valence-corrected chi connectivity index (χ2v) is 6.05. The maximum atomic E-state index is 12.7. The van der Waals surface area contributed by atoms with E-state index in [1.54, 1.807) is 0 Å². The summed E-state index contributed by atoms with van der Waals surface area (Å²) in [5, 5.41) is 2.75. The van der Waals surface area contributed by atoms with E-state index in [1.807, 2.05) is 29.2 Å². The van der Waals surface area contributed by atoms with Crippen LogP contribution in [0.4, 0.5) is 11.4 Å². The molecule has 1 N–H and O–H groups in total. The molecule has 2 amide bonds. The molecule has 0 radical (unpaired) electrons. The van der Waals surface area contributed by atoms with E-state index >= 15 is 0 Å². The van der Waals surface area contributed by atoms with Crippen LogP contribution in [0.15, 0.2) is 24.3 Å². The minimum atomic E-state index is -0.0944. The fourth-order valence-electron chi connectivity index (χ4n) is 2.90. The fraction of sp³-hybridized carbons (Fsp3) is 0.529. The minimum Gasteiger partial charge on any atom is -0.381 e. The standard InChI is InChI=1S/C17H22N2O3/c1-12(20)18-14-4-6-15(7-5-14)19(17(21)13-2-3-13)16-8-10-22-11-9-16/h4-7,13,16H,2-3,8-11H2,1H3,(H,18,20). The van der Waals surface area contributed by atoms with Crippen LogP contribution >= 0.6 is 0 Å². The predicted molar refractivity (Wildman–Crippen MR) is 84.8 cm³/mol. The maximum Gasteiger partial charge on any atom is 0.230 e. The molecule has 2 fully saturated rings. The molecule has 1 heterocycles. The molecule has 2 aliphatic rings. The highest BCUT2D eigenvalue weighted by atomic mass is 16.5. The SMILES string of the molecule is CC(=O)Nc1ccc(N(C(=O)C2CC2)C2CCOCC2)cc1. The van der Waals surface area contributed by atoms with Gasteiger partial charge in [-0.15, -0.1) is 0 Å². The number of carbonyl (C=O) groups is 2. The Morgan fingerprint density at radius 1 is 1.09 bits per heavy atom. The summed E-state index contributed by atoms with van der Waals surface area (Å²) in [5.74, 6) is 0.333. The minimum absolute atomic E-state index is 0.0944. The number of anilines is 2. The van der Waals surface area contributed by atoms with Crippen LogP contribution in [-0.2, 0) is 14.3 Å². The summed E-state index contributed by atoms with van der Waals surface area (Å²) in [6.07, 6.45) is 3.77. The highest BCUT2D eigenvalue weighted by molar-refractivity contribution is 5.97. The molecule has 3 rings (SSSR count). The molecule has 5 heteroatoms. The number of ether oxygens (including phenoxy) is 1. The van der Waals surface area contributed by atoms with Gasteiger partial charge in [-0.1, -0.05) is 0 Å².